The van der Waals surface area contributed by atoms with Crippen LogP contribution in [0.2, 0.25) is 0 Å². The molecule has 0 amide bonds. The Morgan fingerprint density at radius 1 is 0.742 bits per heavy atom. The van der Waals surface area contributed by atoms with E-state index < -0.39 is 0 Å². The Bertz CT molecular complexity index is 1390. The van der Waals surface area contributed by atoms with Gasteiger partial charge in [-0.15, -0.1) is 11.3 Å². The molecule has 0 fully saturated rings. The van der Waals surface area contributed by atoms with Gasteiger partial charge in [-0.25, -0.2) is 9.97 Å². The van der Waals surface area contributed by atoms with Crippen LogP contribution in [0.15, 0.2) is 90.3 Å². The van der Waals surface area contributed by atoms with Crippen LogP contribution < -0.4 is 10.9 Å². The van der Waals surface area contributed by atoms with Crippen molar-refractivity contribution in [2.45, 2.75) is 0 Å². The highest BCUT2D eigenvalue weighted by Crippen LogP contribution is 2.29. The van der Waals surface area contributed by atoms with Gasteiger partial charge in [-0.2, -0.15) is 5.26 Å². The molecule has 3 aromatic carbocycles. The lowest BCUT2D eigenvalue weighted by molar-refractivity contribution is 1.27. The average Bonchev–Trinajstić information content (AvgIpc) is 3.32. The fraction of sp³-hybridized carbons (Fsp3) is 0. The minimum atomic E-state index is 0.634. The van der Waals surface area contributed by atoms with E-state index in [1.54, 1.807) is 12.1 Å². The molecule has 0 atom stereocenters. The summed E-state index contributed by atoms with van der Waals surface area (Å²) in [5.74, 6) is 0.743. The van der Waals surface area contributed by atoms with Crippen LogP contribution in [0.1, 0.15) is 5.56 Å². The first-order valence-corrected chi connectivity index (χ1v) is 10.6. The molecule has 31 heavy (non-hydrogen) atoms. The second-order valence-corrected chi connectivity index (χ2v) is 7.78. The van der Waals surface area contributed by atoms with E-state index in [-0.39, 0.29) is 0 Å². The minimum Gasteiger partial charge on any atom is -0.282 e. The number of benzene rings is 3. The van der Waals surface area contributed by atoms with E-state index in [1.165, 1.54) is 11.3 Å². The number of pyridine rings is 1. The second kappa shape index (κ2) is 8.27. The molecule has 0 saturated carbocycles. The molecular weight excluding hydrogens is 402 g/mol. The van der Waals surface area contributed by atoms with Crippen LogP contribution >= 0.6 is 11.3 Å². The Morgan fingerprint density at radius 2 is 1.48 bits per heavy atom. The zero-order chi connectivity index (χ0) is 21.0. The van der Waals surface area contributed by atoms with E-state index in [0.29, 0.717) is 5.56 Å². The van der Waals surface area contributed by atoms with Crippen LogP contribution in [-0.4, -0.2) is 9.97 Å². The van der Waals surface area contributed by atoms with Gasteiger partial charge in [0, 0.05) is 21.9 Å². The normalized spacial score (nSPS) is 10.5. The van der Waals surface area contributed by atoms with Crippen molar-refractivity contribution in [1.82, 2.24) is 9.97 Å². The smallest absolute Gasteiger partial charge is 0.202 e. The van der Waals surface area contributed by atoms with Gasteiger partial charge >= 0.3 is 0 Å². The third-order valence-electron chi connectivity index (χ3n) is 4.91. The summed E-state index contributed by atoms with van der Waals surface area (Å²) in [6.45, 7) is 0. The molecule has 148 valence electrons. The van der Waals surface area contributed by atoms with Gasteiger partial charge in [0.25, 0.3) is 0 Å². The van der Waals surface area contributed by atoms with E-state index in [2.05, 4.69) is 46.2 Å². The number of anilines is 2. The summed E-state index contributed by atoms with van der Waals surface area (Å²) in [7, 11) is 0. The first-order chi connectivity index (χ1) is 15.3. The maximum absolute atomic E-state index is 8.96. The molecule has 0 aliphatic rings. The van der Waals surface area contributed by atoms with E-state index in [4.69, 9.17) is 10.2 Å². The lowest BCUT2D eigenvalue weighted by atomic mass is 10.1. The van der Waals surface area contributed by atoms with Gasteiger partial charge in [-0.3, -0.25) is 10.9 Å². The highest BCUT2D eigenvalue weighted by atomic mass is 32.1. The summed E-state index contributed by atoms with van der Waals surface area (Å²) in [6, 6.07) is 29.9. The van der Waals surface area contributed by atoms with E-state index in [0.717, 1.165) is 44.2 Å². The third-order valence-corrected chi connectivity index (χ3v) is 5.67. The van der Waals surface area contributed by atoms with Crippen molar-refractivity contribution >= 4 is 33.1 Å². The predicted molar refractivity (Wildman–Crippen MR) is 127 cm³/mol. The summed E-state index contributed by atoms with van der Waals surface area (Å²) in [4.78, 5) is 9.49. The molecule has 0 unspecified atom stereocenters. The standard InChI is InChI=1S/C25H17N5S/c26-15-17-10-12-19(13-11-17)23-16-31-25(28-23)30-29-24-21-9-5-4-8-20(21)14-22(27-24)18-6-2-1-3-7-18/h1-14,16H,(H,27,29)(H,28,30). The number of thiazole rings is 1. The molecule has 0 aliphatic carbocycles. The highest BCUT2D eigenvalue weighted by Gasteiger charge is 2.09. The number of hydrogen-bond acceptors (Lipinski definition) is 6. The van der Waals surface area contributed by atoms with E-state index >= 15 is 0 Å². The van der Waals surface area contributed by atoms with Gasteiger partial charge in [-0.05, 0) is 23.6 Å². The maximum Gasteiger partial charge on any atom is 0.202 e. The van der Waals surface area contributed by atoms with Gasteiger partial charge in [0.15, 0.2) is 5.82 Å². The van der Waals surface area contributed by atoms with Gasteiger partial charge in [-0.1, -0.05) is 66.7 Å². The number of nitriles is 1. The fourth-order valence-corrected chi connectivity index (χ4v) is 4.02. The molecule has 0 radical (unpaired) electrons. The monoisotopic (exact) mass is 419 g/mol. The molecule has 2 heterocycles. The van der Waals surface area contributed by atoms with E-state index in [9.17, 15) is 0 Å². The molecule has 2 aromatic heterocycles. The molecule has 0 spiro atoms. The Kier molecular flexibility index (Phi) is 5.01. The molecule has 5 rings (SSSR count). The van der Waals surface area contributed by atoms with Gasteiger partial charge in [0.05, 0.1) is 23.0 Å². The minimum absolute atomic E-state index is 0.634. The van der Waals surface area contributed by atoms with Gasteiger partial charge < -0.3 is 0 Å². The summed E-state index contributed by atoms with van der Waals surface area (Å²) in [6.07, 6.45) is 0. The lowest BCUT2D eigenvalue weighted by Gasteiger charge is -2.12. The van der Waals surface area contributed by atoms with Crippen molar-refractivity contribution in [3.8, 4) is 28.6 Å². The van der Waals surface area contributed by atoms with E-state index in [1.807, 2.05) is 53.9 Å². The molecule has 5 aromatic rings. The molecule has 0 aliphatic heterocycles. The molecular formula is C25H17N5S. The Morgan fingerprint density at radius 3 is 2.29 bits per heavy atom. The number of rotatable bonds is 5. The lowest BCUT2D eigenvalue weighted by Crippen LogP contribution is -2.10. The third kappa shape index (κ3) is 3.95. The average molecular weight is 420 g/mol. The highest BCUT2D eigenvalue weighted by molar-refractivity contribution is 7.14. The number of aromatic nitrogens is 2. The Labute approximate surface area is 183 Å². The molecule has 2 N–H and O–H groups in total. The fourth-order valence-electron chi connectivity index (χ4n) is 3.34. The van der Waals surface area contributed by atoms with Crippen molar-refractivity contribution in [3.63, 3.8) is 0 Å². The summed E-state index contributed by atoms with van der Waals surface area (Å²) < 4.78 is 0. The molecule has 5 nitrogen and oxygen atoms in total. The van der Waals surface area contributed by atoms with Crippen LogP contribution in [0.25, 0.3) is 33.3 Å². The summed E-state index contributed by atoms with van der Waals surface area (Å²) in [5, 5.41) is 13.8. The van der Waals surface area contributed by atoms with Crippen molar-refractivity contribution in [3.05, 3.63) is 95.9 Å². The van der Waals surface area contributed by atoms with Crippen molar-refractivity contribution in [2.75, 3.05) is 10.9 Å². The SMILES string of the molecule is N#Cc1ccc(-c2csc(NNc3nc(-c4ccccc4)cc4ccccc34)n2)cc1. The van der Waals surface area contributed by atoms with Crippen molar-refractivity contribution in [1.29, 1.82) is 5.26 Å². The number of nitrogens with zero attached hydrogens (tertiary/aromatic N) is 3. The predicted octanol–water partition coefficient (Wildman–Crippen LogP) is 6.34. The number of fused-ring (bicyclic) bond motifs is 1. The zero-order valence-electron chi connectivity index (χ0n) is 16.4. The topological polar surface area (TPSA) is 73.6 Å². The van der Waals surface area contributed by atoms with Crippen molar-refractivity contribution in [2.24, 2.45) is 0 Å². The first kappa shape index (κ1) is 18.8. The van der Waals surface area contributed by atoms with Gasteiger partial charge in [0.1, 0.15) is 0 Å². The van der Waals surface area contributed by atoms with Crippen LogP contribution in [0.4, 0.5) is 10.9 Å². The number of nitrogens with one attached hydrogen (secondary N) is 2. The Balaban J connectivity index is 1.42. The number of hydrogen-bond donors (Lipinski definition) is 2. The molecule has 6 heteroatoms. The zero-order valence-corrected chi connectivity index (χ0v) is 17.2. The quantitative estimate of drug-likeness (QED) is 0.325. The largest absolute Gasteiger partial charge is 0.282 e. The van der Waals surface area contributed by atoms with Crippen LogP contribution in [0.5, 0.6) is 0 Å². The molecule has 0 saturated heterocycles. The van der Waals surface area contributed by atoms with Crippen LogP contribution in [-0.2, 0) is 0 Å². The first-order valence-electron chi connectivity index (χ1n) is 9.73. The number of hydrazine groups is 1. The Hall–Kier alpha value is -4.21. The van der Waals surface area contributed by atoms with Crippen molar-refractivity contribution < 1.29 is 0 Å². The van der Waals surface area contributed by atoms with Gasteiger partial charge in [0.2, 0.25) is 5.13 Å². The van der Waals surface area contributed by atoms with Crippen LogP contribution in [0, 0.1) is 11.3 Å². The maximum atomic E-state index is 8.96. The van der Waals surface area contributed by atoms with Crippen LogP contribution in [0.3, 0.4) is 0 Å². The second-order valence-electron chi connectivity index (χ2n) is 6.92. The summed E-state index contributed by atoms with van der Waals surface area (Å²) in [5.41, 5.74) is 10.9. The summed E-state index contributed by atoms with van der Waals surface area (Å²) >= 11 is 1.50. The molecule has 0 bridgehead atoms.